The zero-order valence-electron chi connectivity index (χ0n) is 17.7. The Morgan fingerprint density at radius 1 is 1.31 bits per heavy atom. The topological polar surface area (TPSA) is 86.2 Å². The Balaban J connectivity index is 1.44. The minimum absolute atomic E-state index is 0.131. The van der Waals surface area contributed by atoms with Gasteiger partial charge in [0.2, 0.25) is 0 Å². The van der Waals surface area contributed by atoms with Gasteiger partial charge in [-0.15, -0.1) is 0 Å². The Morgan fingerprint density at radius 2 is 2.16 bits per heavy atom. The van der Waals surface area contributed by atoms with Crippen LogP contribution in [0.4, 0.5) is 5.82 Å². The quantitative estimate of drug-likeness (QED) is 0.488. The number of halogens is 2. The summed E-state index contributed by atoms with van der Waals surface area (Å²) in [5.74, 6) is 1.22. The summed E-state index contributed by atoms with van der Waals surface area (Å²) >= 11 is 12.6. The Hall–Kier alpha value is -2.33. The maximum Gasteiger partial charge on any atom is 0.165 e. The van der Waals surface area contributed by atoms with Gasteiger partial charge in [0.15, 0.2) is 11.5 Å². The van der Waals surface area contributed by atoms with E-state index >= 15 is 0 Å². The Kier molecular flexibility index (Phi) is 4.33. The van der Waals surface area contributed by atoms with Crippen molar-refractivity contribution >= 4 is 34.7 Å². The van der Waals surface area contributed by atoms with E-state index in [0.717, 1.165) is 48.4 Å². The van der Waals surface area contributed by atoms with Crippen LogP contribution in [0.1, 0.15) is 49.8 Å². The van der Waals surface area contributed by atoms with E-state index in [0.29, 0.717) is 32.5 Å². The van der Waals surface area contributed by atoms with Crippen molar-refractivity contribution in [1.29, 1.82) is 5.26 Å². The Morgan fingerprint density at radius 3 is 2.94 bits per heavy atom. The average molecular weight is 468 g/mol. The van der Waals surface area contributed by atoms with E-state index < -0.39 is 6.23 Å². The number of hydrogen-bond acceptors (Lipinski definition) is 5. The molecule has 3 aliphatic carbocycles. The number of hydrogen-bond donors (Lipinski definition) is 2. The second-order valence-electron chi connectivity index (χ2n) is 9.86. The average Bonchev–Trinajstić information content (AvgIpc) is 3.16. The van der Waals surface area contributed by atoms with Crippen molar-refractivity contribution in [2.24, 2.45) is 16.7 Å². The van der Waals surface area contributed by atoms with Crippen LogP contribution in [-0.2, 0) is 0 Å². The van der Waals surface area contributed by atoms with Crippen molar-refractivity contribution in [3.63, 3.8) is 0 Å². The van der Waals surface area contributed by atoms with Crippen LogP contribution in [0, 0.1) is 35.0 Å². The smallest absolute Gasteiger partial charge is 0.165 e. The molecule has 2 aromatic heterocycles. The third kappa shape index (κ3) is 2.81. The maximum atomic E-state index is 11.4. The standard InChI is InChI=1S/C24H23Cl2N5O/c1-13-19(17-4-3-16(25)7-18(17)26)21-28-11-14(10-27)20(31(21)30-13)29-22(32)24-6-2-5-23(12-24)8-15(23)9-24/h3-4,7,11,15,22,29,32H,2,5-6,8-9,12H2,1H3. The molecule has 0 saturated heterocycles. The second kappa shape index (κ2) is 6.84. The van der Waals surface area contributed by atoms with Crippen LogP contribution in [0.3, 0.4) is 0 Å². The van der Waals surface area contributed by atoms with Crippen LogP contribution in [-0.4, -0.2) is 25.9 Å². The van der Waals surface area contributed by atoms with Crippen molar-refractivity contribution < 1.29 is 5.11 Å². The van der Waals surface area contributed by atoms with Gasteiger partial charge in [0.25, 0.3) is 0 Å². The lowest BCUT2D eigenvalue weighted by molar-refractivity contribution is 0.0110. The molecule has 6 rings (SSSR count). The molecule has 0 amide bonds. The van der Waals surface area contributed by atoms with Crippen molar-refractivity contribution in [3.05, 3.63) is 45.7 Å². The highest BCUT2D eigenvalue weighted by atomic mass is 35.5. The molecule has 2 N–H and O–H groups in total. The summed E-state index contributed by atoms with van der Waals surface area (Å²) in [4.78, 5) is 4.52. The molecule has 4 unspecified atom stereocenters. The van der Waals surface area contributed by atoms with Crippen molar-refractivity contribution in [2.75, 3.05) is 5.32 Å². The van der Waals surface area contributed by atoms with Gasteiger partial charge in [-0.3, -0.25) is 0 Å². The number of aliphatic hydroxyl groups excluding tert-OH is 1. The maximum absolute atomic E-state index is 11.4. The fourth-order valence-corrected chi connectivity index (χ4v) is 7.03. The van der Waals surface area contributed by atoms with Gasteiger partial charge in [0.1, 0.15) is 17.9 Å². The van der Waals surface area contributed by atoms with E-state index in [2.05, 4.69) is 21.5 Å². The molecule has 3 saturated carbocycles. The molecule has 3 aliphatic rings. The number of benzene rings is 1. The van der Waals surface area contributed by atoms with Crippen molar-refractivity contribution in [2.45, 2.75) is 51.7 Å². The summed E-state index contributed by atoms with van der Waals surface area (Å²) < 4.78 is 1.63. The number of aryl methyl sites for hydroxylation is 1. The molecule has 1 spiro atoms. The summed E-state index contributed by atoms with van der Waals surface area (Å²) in [6, 6.07) is 7.52. The molecule has 4 atom stereocenters. The van der Waals surface area contributed by atoms with E-state index in [-0.39, 0.29) is 5.41 Å². The summed E-state index contributed by atoms with van der Waals surface area (Å²) in [5.41, 5.74) is 3.54. The highest BCUT2D eigenvalue weighted by Crippen LogP contribution is 2.75. The molecular weight excluding hydrogens is 445 g/mol. The second-order valence-corrected chi connectivity index (χ2v) is 10.7. The summed E-state index contributed by atoms with van der Waals surface area (Å²) in [7, 11) is 0. The van der Waals surface area contributed by atoms with Gasteiger partial charge in [-0.2, -0.15) is 14.9 Å². The van der Waals surface area contributed by atoms with Crippen LogP contribution < -0.4 is 5.32 Å². The molecule has 3 aromatic rings. The number of nitrogens with one attached hydrogen (secondary N) is 1. The molecule has 32 heavy (non-hydrogen) atoms. The van der Waals surface area contributed by atoms with Gasteiger partial charge in [-0.25, -0.2) is 4.98 Å². The van der Waals surface area contributed by atoms with Crippen LogP contribution in [0.5, 0.6) is 0 Å². The van der Waals surface area contributed by atoms with Gasteiger partial charge in [-0.05, 0) is 62.5 Å². The molecule has 8 heteroatoms. The zero-order chi connectivity index (χ0) is 22.3. The first-order valence-corrected chi connectivity index (χ1v) is 11.8. The van der Waals surface area contributed by atoms with Gasteiger partial charge < -0.3 is 10.4 Å². The summed E-state index contributed by atoms with van der Waals surface area (Å²) in [5, 5.41) is 30.2. The minimum atomic E-state index is -0.739. The first kappa shape index (κ1) is 20.3. The molecule has 1 aromatic carbocycles. The molecule has 6 nitrogen and oxygen atoms in total. The number of aliphatic hydroxyl groups is 1. The lowest BCUT2D eigenvalue weighted by atomic mass is 9.70. The molecule has 2 heterocycles. The molecule has 0 aliphatic heterocycles. The first-order valence-electron chi connectivity index (χ1n) is 11.0. The number of anilines is 1. The highest BCUT2D eigenvalue weighted by Gasteiger charge is 2.68. The fraction of sp³-hybridized carbons (Fsp3) is 0.458. The minimum Gasteiger partial charge on any atom is -0.373 e. The third-order valence-electron chi connectivity index (χ3n) is 8.06. The third-order valence-corrected chi connectivity index (χ3v) is 8.61. The Bertz CT molecular complexity index is 1310. The number of fused-ring (bicyclic) bond motifs is 2. The van der Waals surface area contributed by atoms with Crippen LogP contribution in [0.2, 0.25) is 10.0 Å². The van der Waals surface area contributed by atoms with Crippen molar-refractivity contribution in [1.82, 2.24) is 14.6 Å². The largest absolute Gasteiger partial charge is 0.373 e. The van der Waals surface area contributed by atoms with E-state index in [1.165, 1.54) is 19.0 Å². The molecule has 3 fully saturated rings. The lowest BCUT2D eigenvalue weighted by Gasteiger charge is -2.40. The predicted octanol–water partition coefficient (Wildman–Crippen LogP) is 5.58. The van der Waals surface area contributed by atoms with E-state index in [9.17, 15) is 10.4 Å². The van der Waals surface area contributed by atoms with Gasteiger partial charge >= 0.3 is 0 Å². The monoisotopic (exact) mass is 467 g/mol. The van der Waals surface area contributed by atoms with Crippen LogP contribution >= 0.6 is 23.2 Å². The number of aromatic nitrogens is 3. The molecule has 164 valence electrons. The van der Waals surface area contributed by atoms with E-state index in [1.807, 2.05) is 13.0 Å². The molecular formula is C24H23Cl2N5O. The molecule has 0 radical (unpaired) electrons. The van der Waals surface area contributed by atoms with E-state index in [4.69, 9.17) is 23.2 Å². The van der Waals surface area contributed by atoms with E-state index in [1.54, 1.807) is 16.6 Å². The Labute approximate surface area is 196 Å². The normalized spacial score (nSPS) is 28.9. The first-order chi connectivity index (χ1) is 15.4. The van der Waals surface area contributed by atoms with Gasteiger partial charge in [0, 0.05) is 16.0 Å². The number of nitriles is 1. The van der Waals surface area contributed by atoms with Crippen LogP contribution in [0.25, 0.3) is 16.8 Å². The lowest BCUT2D eigenvalue weighted by Crippen LogP contribution is -2.42. The number of nitrogens with zero attached hydrogens (tertiary/aromatic N) is 4. The number of rotatable bonds is 4. The van der Waals surface area contributed by atoms with Crippen LogP contribution in [0.15, 0.2) is 24.4 Å². The van der Waals surface area contributed by atoms with Gasteiger partial charge in [-0.1, -0.05) is 35.7 Å². The van der Waals surface area contributed by atoms with Crippen molar-refractivity contribution in [3.8, 4) is 17.2 Å². The van der Waals surface area contributed by atoms with Gasteiger partial charge in [0.05, 0.1) is 22.5 Å². The molecule has 2 bridgehead atoms. The highest BCUT2D eigenvalue weighted by molar-refractivity contribution is 6.36. The summed E-state index contributed by atoms with van der Waals surface area (Å²) in [6.45, 7) is 1.88. The zero-order valence-corrected chi connectivity index (χ0v) is 19.2. The summed E-state index contributed by atoms with van der Waals surface area (Å²) in [6.07, 6.45) is 7.69. The fourth-order valence-electron chi connectivity index (χ4n) is 6.53. The SMILES string of the molecule is Cc1nn2c(NC(O)C34CCCC5(CC5C3)C4)c(C#N)cnc2c1-c1ccc(Cl)cc1Cl. The predicted molar refractivity (Wildman–Crippen MR) is 124 cm³/mol.